The zero-order chi connectivity index (χ0) is 11.5. The molecule has 0 heterocycles. The van der Waals surface area contributed by atoms with Crippen molar-refractivity contribution in [2.24, 2.45) is 17.3 Å². The summed E-state index contributed by atoms with van der Waals surface area (Å²) in [6.07, 6.45) is 5.45. The topological polar surface area (TPSA) is 12.0 Å². The molecule has 1 nitrogen and oxygen atoms in total. The average molecular weight is 211 g/mol. The number of nitrogens with one attached hydrogen (secondary N) is 1. The van der Waals surface area contributed by atoms with Crippen molar-refractivity contribution in [1.82, 2.24) is 5.32 Å². The smallest absolute Gasteiger partial charge is 0.00928 e. The summed E-state index contributed by atoms with van der Waals surface area (Å²) in [6.45, 7) is 13.0. The normalized spacial score (nSPS) is 33.0. The van der Waals surface area contributed by atoms with E-state index in [0.717, 1.165) is 17.9 Å². The Bertz CT molecular complexity index is 180. The van der Waals surface area contributed by atoms with Crippen molar-refractivity contribution in [3.63, 3.8) is 0 Å². The molecule has 3 atom stereocenters. The van der Waals surface area contributed by atoms with Gasteiger partial charge in [0.1, 0.15) is 0 Å². The fourth-order valence-electron chi connectivity index (χ4n) is 2.82. The lowest BCUT2D eigenvalue weighted by Crippen LogP contribution is -2.42. The average Bonchev–Trinajstić information content (AvgIpc) is 2.14. The van der Waals surface area contributed by atoms with Crippen LogP contribution in [0.15, 0.2) is 0 Å². The maximum absolute atomic E-state index is 3.69. The Morgan fingerprint density at radius 3 is 2.33 bits per heavy atom. The van der Waals surface area contributed by atoms with Gasteiger partial charge >= 0.3 is 0 Å². The van der Waals surface area contributed by atoms with E-state index >= 15 is 0 Å². The van der Waals surface area contributed by atoms with E-state index in [4.69, 9.17) is 0 Å². The van der Waals surface area contributed by atoms with Crippen molar-refractivity contribution in [2.45, 2.75) is 66.3 Å². The van der Waals surface area contributed by atoms with Crippen molar-refractivity contribution < 1.29 is 0 Å². The molecule has 0 saturated heterocycles. The lowest BCUT2D eigenvalue weighted by atomic mass is 9.68. The molecule has 3 unspecified atom stereocenters. The first-order chi connectivity index (χ1) is 6.95. The summed E-state index contributed by atoms with van der Waals surface area (Å²) in [5.41, 5.74) is 0.504. The van der Waals surface area contributed by atoms with Gasteiger partial charge in [-0.2, -0.15) is 0 Å². The summed E-state index contributed by atoms with van der Waals surface area (Å²) in [7, 11) is 0. The van der Waals surface area contributed by atoms with E-state index in [-0.39, 0.29) is 0 Å². The van der Waals surface area contributed by atoms with Crippen molar-refractivity contribution in [3.8, 4) is 0 Å². The monoisotopic (exact) mass is 211 g/mol. The van der Waals surface area contributed by atoms with E-state index in [9.17, 15) is 0 Å². The fourth-order valence-corrected chi connectivity index (χ4v) is 2.82. The molecule has 0 amide bonds. The molecule has 0 aromatic rings. The van der Waals surface area contributed by atoms with Crippen molar-refractivity contribution in [3.05, 3.63) is 0 Å². The second kappa shape index (κ2) is 5.34. The van der Waals surface area contributed by atoms with Crippen molar-refractivity contribution >= 4 is 0 Å². The summed E-state index contributed by atoms with van der Waals surface area (Å²) in [5, 5.41) is 3.69. The Morgan fingerprint density at radius 2 is 1.87 bits per heavy atom. The minimum absolute atomic E-state index is 0.504. The molecule has 1 fully saturated rings. The van der Waals surface area contributed by atoms with Crippen molar-refractivity contribution in [1.29, 1.82) is 0 Å². The van der Waals surface area contributed by atoms with Gasteiger partial charge in [-0.05, 0) is 49.5 Å². The summed E-state index contributed by atoms with van der Waals surface area (Å²) < 4.78 is 0. The maximum atomic E-state index is 3.69. The van der Waals surface area contributed by atoms with Gasteiger partial charge in [0.15, 0.2) is 0 Å². The minimum Gasteiger partial charge on any atom is -0.314 e. The lowest BCUT2D eigenvalue weighted by Gasteiger charge is -2.41. The Kier molecular flexibility index (Phi) is 4.64. The maximum Gasteiger partial charge on any atom is 0.00928 e. The van der Waals surface area contributed by atoms with Crippen LogP contribution in [0, 0.1) is 17.3 Å². The van der Waals surface area contributed by atoms with Crippen LogP contribution < -0.4 is 5.32 Å². The van der Waals surface area contributed by atoms with E-state index in [0.29, 0.717) is 5.41 Å². The Hall–Kier alpha value is -0.0400. The summed E-state index contributed by atoms with van der Waals surface area (Å²) in [5.74, 6) is 1.78. The molecule has 0 aliphatic heterocycles. The number of hydrogen-bond acceptors (Lipinski definition) is 1. The molecular weight excluding hydrogens is 182 g/mol. The van der Waals surface area contributed by atoms with Gasteiger partial charge in [-0.1, -0.05) is 34.6 Å². The van der Waals surface area contributed by atoms with E-state index in [2.05, 4.69) is 39.9 Å². The van der Waals surface area contributed by atoms with Gasteiger partial charge in [0.05, 0.1) is 0 Å². The van der Waals surface area contributed by atoms with Crippen LogP contribution in [0.4, 0.5) is 0 Å². The van der Waals surface area contributed by atoms with Crippen LogP contribution >= 0.6 is 0 Å². The van der Waals surface area contributed by atoms with Gasteiger partial charge in [-0.25, -0.2) is 0 Å². The number of hydrogen-bond donors (Lipinski definition) is 1. The van der Waals surface area contributed by atoms with Gasteiger partial charge in [0, 0.05) is 6.04 Å². The third-order valence-electron chi connectivity index (χ3n) is 4.05. The van der Waals surface area contributed by atoms with E-state index in [1.54, 1.807) is 0 Å². The SMILES string of the molecule is CCCNC1CCC(C(C)(C)C)CC1C. The highest BCUT2D eigenvalue weighted by Crippen LogP contribution is 2.40. The zero-order valence-electron chi connectivity index (χ0n) is 11.3. The summed E-state index contributed by atoms with van der Waals surface area (Å²) in [6, 6.07) is 0.781. The van der Waals surface area contributed by atoms with Gasteiger partial charge in [-0.3, -0.25) is 0 Å². The summed E-state index contributed by atoms with van der Waals surface area (Å²) in [4.78, 5) is 0. The molecule has 0 aromatic heterocycles. The minimum atomic E-state index is 0.504. The molecule has 1 N–H and O–H groups in total. The van der Waals surface area contributed by atoms with Crippen LogP contribution in [0.3, 0.4) is 0 Å². The van der Waals surface area contributed by atoms with Gasteiger partial charge in [-0.15, -0.1) is 0 Å². The largest absolute Gasteiger partial charge is 0.314 e. The zero-order valence-corrected chi connectivity index (χ0v) is 11.3. The second-order valence-electron chi connectivity index (χ2n) is 6.41. The molecule has 0 aromatic carbocycles. The predicted molar refractivity (Wildman–Crippen MR) is 68.0 cm³/mol. The predicted octanol–water partition coefficient (Wildman–Crippen LogP) is 3.84. The molecule has 1 aliphatic rings. The van der Waals surface area contributed by atoms with Gasteiger partial charge < -0.3 is 5.32 Å². The quantitative estimate of drug-likeness (QED) is 0.748. The first-order valence-corrected chi connectivity index (χ1v) is 6.68. The van der Waals surface area contributed by atoms with Crippen LogP contribution in [-0.4, -0.2) is 12.6 Å². The molecule has 1 saturated carbocycles. The summed E-state index contributed by atoms with van der Waals surface area (Å²) >= 11 is 0. The van der Waals surface area contributed by atoms with E-state index < -0.39 is 0 Å². The third-order valence-corrected chi connectivity index (χ3v) is 4.05. The Labute approximate surface area is 96.0 Å². The van der Waals surface area contributed by atoms with Crippen LogP contribution in [0.2, 0.25) is 0 Å². The molecule has 0 bridgehead atoms. The lowest BCUT2D eigenvalue weighted by molar-refractivity contribution is 0.122. The van der Waals surface area contributed by atoms with E-state index in [1.165, 1.54) is 32.2 Å². The molecule has 0 radical (unpaired) electrons. The molecular formula is C14H29N. The molecule has 1 rings (SSSR count). The molecule has 1 aliphatic carbocycles. The van der Waals surface area contributed by atoms with Gasteiger partial charge in [0.2, 0.25) is 0 Å². The standard InChI is InChI=1S/C14H29N/c1-6-9-15-13-8-7-12(10-11(13)2)14(3,4)5/h11-13,15H,6-10H2,1-5H3. The van der Waals surface area contributed by atoms with Crippen LogP contribution in [0.25, 0.3) is 0 Å². The van der Waals surface area contributed by atoms with Crippen molar-refractivity contribution in [2.75, 3.05) is 6.54 Å². The highest BCUT2D eigenvalue weighted by molar-refractivity contribution is 4.87. The second-order valence-corrected chi connectivity index (χ2v) is 6.41. The Balaban J connectivity index is 2.41. The first kappa shape index (κ1) is 13.0. The third kappa shape index (κ3) is 3.79. The molecule has 0 spiro atoms. The fraction of sp³-hybridized carbons (Fsp3) is 1.00. The highest BCUT2D eigenvalue weighted by atomic mass is 14.9. The molecule has 15 heavy (non-hydrogen) atoms. The van der Waals surface area contributed by atoms with Crippen LogP contribution in [-0.2, 0) is 0 Å². The van der Waals surface area contributed by atoms with Crippen LogP contribution in [0.1, 0.15) is 60.3 Å². The Morgan fingerprint density at radius 1 is 1.20 bits per heavy atom. The number of rotatable bonds is 3. The molecule has 90 valence electrons. The van der Waals surface area contributed by atoms with E-state index in [1.807, 2.05) is 0 Å². The molecule has 1 heteroatoms. The van der Waals surface area contributed by atoms with Gasteiger partial charge in [0.25, 0.3) is 0 Å². The highest BCUT2D eigenvalue weighted by Gasteiger charge is 2.33. The van der Waals surface area contributed by atoms with Crippen LogP contribution in [0.5, 0.6) is 0 Å². The first-order valence-electron chi connectivity index (χ1n) is 6.68.